The molecule has 0 aliphatic rings. The molecule has 4 aromatic rings. The van der Waals surface area contributed by atoms with Crippen LogP contribution in [0.2, 0.25) is 0 Å². The number of hydrogen-bond donors (Lipinski definition) is 2. The Morgan fingerprint density at radius 3 is 2.66 bits per heavy atom. The molecule has 0 fully saturated rings. The maximum absolute atomic E-state index is 14.6. The summed E-state index contributed by atoms with van der Waals surface area (Å²) in [7, 11) is 1.76. The molecule has 0 unspecified atom stereocenters. The predicted molar refractivity (Wildman–Crippen MR) is 117 cm³/mol. The van der Waals surface area contributed by atoms with Crippen LogP contribution < -0.4 is 10.6 Å². The topological polar surface area (TPSA) is 103 Å². The standard InChI is InChI=1S/C22H21FN6O3/c1-13(2)32-22(31)26-15-10-24-21-27-18(12-29(21)11-15)16-9-14(6-7-17(16)23)25-20(30)19-5-4-8-28(19)3/h4-13H,1-3H3,(H,25,30)(H,26,31). The summed E-state index contributed by atoms with van der Waals surface area (Å²) >= 11 is 0. The number of carbonyl (C=O) groups is 2. The number of hydrogen-bond acceptors (Lipinski definition) is 5. The van der Waals surface area contributed by atoms with Gasteiger partial charge in [0.05, 0.1) is 23.7 Å². The first kappa shape index (κ1) is 21.0. The van der Waals surface area contributed by atoms with Crippen molar-refractivity contribution in [3.05, 3.63) is 66.6 Å². The highest BCUT2D eigenvalue weighted by molar-refractivity contribution is 6.03. The van der Waals surface area contributed by atoms with Gasteiger partial charge in [-0.05, 0) is 44.2 Å². The molecule has 1 aromatic carbocycles. The zero-order valence-electron chi connectivity index (χ0n) is 17.7. The van der Waals surface area contributed by atoms with Crippen LogP contribution in [0.3, 0.4) is 0 Å². The van der Waals surface area contributed by atoms with Crippen molar-refractivity contribution in [3.63, 3.8) is 0 Å². The van der Waals surface area contributed by atoms with Gasteiger partial charge in [0.2, 0.25) is 5.78 Å². The van der Waals surface area contributed by atoms with Gasteiger partial charge in [-0.25, -0.2) is 19.2 Å². The Bertz CT molecular complexity index is 1310. The molecule has 9 nitrogen and oxygen atoms in total. The van der Waals surface area contributed by atoms with Gasteiger partial charge in [-0.3, -0.25) is 14.5 Å². The summed E-state index contributed by atoms with van der Waals surface area (Å²) in [4.78, 5) is 32.8. The third-order valence-corrected chi connectivity index (χ3v) is 4.58. The van der Waals surface area contributed by atoms with E-state index in [-0.39, 0.29) is 17.6 Å². The van der Waals surface area contributed by atoms with Crippen molar-refractivity contribution < 1.29 is 18.7 Å². The van der Waals surface area contributed by atoms with E-state index in [1.54, 1.807) is 60.6 Å². The number of aryl methyl sites for hydroxylation is 1. The number of fused-ring (bicyclic) bond motifs is 1. The molecule has 32 heavy (non-hydrogen) atoms. The highest BCUT2D eigenvalue weighted by atomic mass is 19.1. The van der Waals surface area contributed by atoms with Crippen LogP contribution in [0, 0.1) is 5.82 Å². The molecular weight excluding hydrogens is 415 g/mol. The lowest BCUT2D eigenvalue weighted by Gasteiger charge is -2.09. The number of anilines is 2. The van der Waals surface area contributed by atoms with E-state index in [2.05, 4.69) is 20.6 Å². The third kappa shape index (κ3) is 4.43. The van der Waals surface area contributed by atoms with E-state index in [1.807, 2.05) is 0 Å². The van der Waals surface area contributed by atoms with E-state index in [9.17, 15) is 14.0 Å². The van der Waals surface area contributed by atoms with Crippen molar-refractivity contribution in [2.75, 3.05) is 10.6 Å². The monoisotopic (exact) mass is 436 g/mol. The highest BCUT2D eigenvalue weighted by Gasteiger charge is 2.15. The lowest BCUT2D eigenvalue weighted by molar-refractivity contribution is 0.101. The van der Waals surface area contributed by atoms with Gasteiger partial charge in [-0.15, -0.1) is 0 Å². The second kappa shape index (κ2) is 8.50. The molecule has 0 spiro atoms. The Morgan fingerprint density at radius 2 is 1.94 bits per heavy atom. The Hall–Kier alpha value is -4.21. The zero-order valence-corrected chi connectivity index (χ0v) is 17.7. The van der Waals surface area contributed by atoms with Crippen LogP contribution in [0.4, 0.5) is 20.6 Å². The molecule has 0 radical (unpaired) electrons. The second-order valence-corrected chi connectivity index (χ2v) is 7.41. The molecule has 0 aliphatic heterocycles. The van der Waals surface area contributed by atoms with Crippen molar-refractivity contribution in [1.29, 1.82) is 0 Å². The quantitative estimate of drug-likeness (QED) is 0.491. The summed E-state index contributed by atoms with van der Waals surface area (Å²) in [6.07, 6.45) is 5.51. The summed E-state index contributed by atoms with van der Waals surface area (Å²) in [5, 5.41) is 5.34. The average molecular weight is 436 g/mol. The molecule has 0 bridgehead atoms. The number of rotatable bonds is 5. The SMILES string of the molecule is CC(C)OC(=O)Nc1cnc2nc(-c3cc(NC(=O)c4cccn4C)ccc3F)cn2c1. The number of nitrogens with one attached hydrogen (secondary N) is 2. The smallest absolute Gasteiger partial charge is 0.411 e. The Balaban J connectivity index is 1.59. The molecule has 0 atom stereocenters. The fourth-order valence-electron chi connectivity index (χ4n) is 3.13. The number of nitrogens with zero attached hydrogens (tertiary/aromatic N) is 4. The van der Waals surface area contributed by atoms with Crippen LogP contribution in [-0.4, -0.2) is 37.0 Å². The summed E-state index contributed by atoms with van der Waals surface area (Å²) in [6.45, 7) is 3.49. The summed E-state index contributed by atoms with van der Waals surface area (Å²) in [6, 6.07) is 7.71. The van der Waals surface area contributed by atoms with Crippen LogP contribution in [0.5, 0.6) is 0 Å². The van der Waals surface area contributed by atoms with E-state index in [0.717, 1.165) is 0 Å². The van der Waals surface area contributed by atoms with E-state index in [1.165, 1.54) is 24.4 Å². The number of aromatic nitrogens is 4. The fourth-order valence-corrected chi connectivity index (χ4v) is 3.13. The first-order chi connectivity index (χ1) is 15.3. The van der Waals surface area contributed by atoms with Gasteiger partial charge < -0.3 is 14.6 Å². The first-order valence-corrected chi connectivity index (χ1v) is 9.85. The average Bonchev–Trinajstić information content (AvgIpc) is 3.34. The van der Waals surface area contributed by atoms with E-state index in [0.29, 0.717) is 28.5 Å². The number of benzene rings is 1. The Kier molecular flexibility index (Phi) is 5.59. The number of halogens is 1. The molecule has 2 N–H and O–H groups in total. The van der Waals surface area contributed by atoms with Gasteiger partial charge in [-0.2, -0.15) is 0 Å². The molecule has 3 heterocycles. The van der Waals surface area contributed by atoms with Gasteiger partial charge in [0.15, 0.2) is 0 Å². The minimum absolute atomic E-state index is 0.203. The minimum Gasteiger partial charge on any atom is -0.447 e. The van der Waals surface area contributed by atoms with Crippen LogP contribution in [0.15, 0.2) is 55.1 Å². The van der Waals surface area contributed by atoms with Gasteiger partial charge in [0.25, 0.3) is 5.91 Å². The minimum atomic E-state index is -0.603. The van der Waals surface area contributed by atoms with Gasteiger partial charge in [-0.1, -0.05) is 0 Å². The maximum Gasteiger partial charge on any atom is 0.411 e. The lowest BCUT2D eigenvalue weighted by atomic mass is 10.1. The maximum atomic E-state index is 14.6. The first-order valence-electron chi connectivity index (χ1n) is 9.85. The fraction of sp³-hybridized carbons (Fsp3) is 0.182. The van der Waals surface area contributed by atoms with E-state index < -0.39 is 11.9 Å². The van der Waals surface area contributed by atoms with E-state index >= 15 is 0 Å². The van der Waals surface area contributed by atoms with Crippen LogP contribution in [0.1, 0.15) is 24.3 Å². The number of amides is 2. The normalized spacial score (nSPS) is 11.0. The van der Waals surface area contributed by atoms with Crippen molar-refractivity contribution in [2.24, 2.45) is 7.05 Å². The second-order valence-electron chi connectivity index (χ2n) is 7.41. The molecule has 0 saturated carbocycles. The number of imidazole rings is 1. The van der Waals surface area contributed by atoms with Gasteiger partial charge in [0.1, 0.15) is 11.5 Å². The molecule has 164 valence electrons. The third-order valence-electron chi connectivity index (χ3n) is 4.58. The highest BCUT2D eigenvalue weighted by Crippen LogP contribution is 2.26. The van der Waals surface area contributed by atoms with Gasteiger partial charge >= 0.3 is 6.09 Å². The predicted octanol–water partition coefficient (Wildman–Crippen LogP) is 4.08. The summed E-state index contributed by atoms with van der Waals surface area (Å²) in [5.41, 5.74) is 1.83. The zero-order chi connectivity index (χ0) is 22.8. The largest absolute Gasteiger partial charge is 0.447 e. The summed E-state index contributed by atoms with van der Waals surface area (Å²) in [5.74, 6) is -0.486. The number of carbonyl (C=O) groups excluding carboxylic acids is 2. The van der Waals surface area contributed by atoms with Gasteiger partial charge in [0, 0.05) is 36.9 Å². The van der Waals surface area contributed by atoms with Crippen molar-refractivity contribution >= 4 is 29.2 Å². The van der Waals surface area contributed by atoms with Crippen molar-refractivity contribution in [2.45, 2.75) is 20.0 Å². The summed E-state index contributed by atoms with van der Waals surface area (Å²) < 4.78 is 22.9. The molecule has 4 rings (SSSR count). The van der Waals surface area contributed by atoms with Crippen LogP contribution in [-0.2, 0) is 11.8 Å². The van der Waals surface area contributed by atoms with E-state index in [4.69, 9.17) is 4.74 Å². The molecule has 0 saturated heterocycles. The van der Waals surface area contributed by atoms with Crippen LogP contribution >= 0.6 is 0 Å². The molecule has 2 amide bonds. The van der Waals surface area contributed by atoms with Crippen LogP contribution in [0.25, 0.3) is 17.0 Å². The van der Waals surface area contributed by atoms with Crippen molar-refractivity contribution in [1.82, 2.24) is 18.9 Å². The molecular formula is C22H21FN6O3. The Labute approximate surface area is 182 Å². The molecule has 0 aliphatic carbocycles. The molecule has 10 heteroatoms. The molecule has 3 aromatic heterocycles. The van der Waals surface area contributed by atoms with Crippen molar-refractivity contribution in [3.8, 4) is 11.3 Å². The lowest BCUT2D eigenvalue weighted by Crippen LogP contribution is -2.18. The number of ether oxygens (including phenoxy) is 1. The Morgan fingerprint density at radius 1 is 1.12 bits per heavy atom.